The number of nitrogens with zero attached hydrogens (tertiary/aromatic N) is 2. The molecular formula is C16H11F3N2O2. The molecule has 23 heavy (non-hydrogen) atoms. The Kier molecular flexibility index (Phi) is 4.86. The smallest absolute Gasteiger partial charge is 0.419 e. The third-order valence-electron chi connectivity index (χ3n) is 3.05. The van der Waals surface area contributed by atoms with Gasteiger partial charge in [-0.1, -0.05) is 41.6 Å². The third kappa shape index (κ3) is 3.80. The zero-order chi connectivity index (χ0) is 16.9. The highest BCUT2D eigenvalue weighted by molar-refractivity contribution is 6.12. The number of benzene rings is 2. The summed E-state index contributed by atoms with van der Waals surface area (Å²) in [5.74, 6) is -0.311. The summed E-state index contributed by atoms with van der Waals surface area (Å²) in [6, 6.07) is 12.9. The number of nitriles is 1. The van der Waals surface area contributed by atoms with E-state index in [0.717, 1.165) is 6.07 Å². The summed E-state index contributed by atoms with van der Waals surface area (Å²) in [4.78, 5) is 0. The Bertz CT molecular complexity index is 764. The number of ether oxygens (including phenoxy) is 1. The van der Waals surface area contributed by atoms with Gasteiger partial charge in [0, 0.05) is 5.56 Å². The van der Waals surface area contributed by atoms with Crippen molar-refractivity contribution in [2.24, 2.45) is 5.16 Å². The van der Waals surface area contributed by atoms with Gasteiger partial charge in [-0.15, -0.1) is 0 Å². The first-order chi connectivity index (χ1) is 11.0. The van der Waals surface area contributed by atoms with Crippen molar-refractivity contribution >= 4 is 5.71 Å². The molecule has 4 nitrogen and oxygen atoms in total. The molecule has 0 aliphatic carbocycles. The lowest BCUT2D eigenvalue weighted by atomic mass is 10.0. The van der Waals surface area contributed by atoms with Gasteiger partial charge in [0.25, 0.3) is 0 Å². The zero-order valence-electron chi connectivity index (χ0n) is 11.7. The van der Waals surface area contributed by atoms with Crippen LogP contribution in [0.15, 0.2) is 53.7 Å². The van der Waals surface area contributed by atoms with Gasteiger partial charge in [-0.25, -0.2) is 0 Å². The Morgan fingerprint density at radius 2 is 1.78 bits per heavy atom. The first-order valence-corrected chi connectivity index (χ1v) is 6.47. The third-order valence-corrected chi connectivity index (χ3v) is 3.05. The van der Waals surface area contributed by atoms with Crippen molar-refractivity contribution in [3.8, 4) is 11.8 Å². The molecule has 0 aliphatic rings. The van der Waals surface area contributed by atoms with E-state index < -0.39 is 11.7 Å². The quantitative estimate of drug-likeness (QED) is 0.526. The van der Waals surface area contributed by atoms with Crippen LogP contribution in [-0.4, -0.2) is 10.9 Å². The second-order valence-electron chi connectivity index (χ2n) is 4.50. The van der Waals surface area contributed by atoms with Crippen molar-refractivity contribution in [1.82, 2.24) is 0 Å². The van der Waals surface area contributed by atoms with Crippen LogP contribution in [0.1, 0.15) is 16.7 Å². The van der Waals surface area contributed by atoms with Crippen LogP contribution >= 0.6 is 0 Å². The Balaban J connectivity index is 2.29. The molecule has 118 valence electrons. The number of halogens is 3. The summed E-state index contributed by atoms with van der Waals surface area (Å²) in [6.45, 7) is -0.204. The molecular weight excluding hydrogens is 309 g/mol. The van der Waals surface area contributed by atoms with Crippen molar-refractivity contribution in [3.05, 3.63) is 65.2 Å². The summed E-state index contributed by atoms with van der Waals surface area (Å²) in [6.07, 6.45) is -4.53. The molecule has 0 spiro atoms. The Labute approximate surface area is 130 Å². The fraction of sp³-hybridized carbons (Fsp3) is 0.125. The maximum atomic E-state index is 12.9. The van der Waals surface area contributed by atoms with Crippen LogP contribution in [0.2, 0.25) is 0 Å². The molecule has 7 heteroatoms. The van der Waals surface area contributed by atoms with Gasteiger partial charge in [-0.05, 0) is 17.7 Å². The fourth-order valence-corrected chi connectivity index (χ4v) is 2.00. The molecule has 1 N–H and O–H groups in total. The van der Waals surface area contributed by atoms with E-state index in [1.807, 2.05) is 0 Å². The maximum Gasteiger partial charge on any atom is 0.419 e. The first kappa shape index (κ1) is 16.4. The van der Waals surface area contributed by atoms with E-state index in [1.165, 1.54) is 24.3 Å². The normalized spacial score (nSPS) is 11.8. The van der Waals surface area contributed by atoms with Crippen LogP contribution in [0.4, 0.5) is 13.2 Å². The number of hydrogen-bond acceptors (Lipinski definition) is 4. The molecule has 0 aliphatic heterocycles. The van der Waals surface area contributed by atoms with Gasteiger partial charge in [-0.2, -0.15) is 18.4 Å². The monoisotopic (exact) mass is 320 g/mol. The first-order valence-electron chi connectivity index (χ1n) is 6.47. The number of oxime groups is 1. The minimum Gasteiger partial charge on any atom is -0.488 e. The average molecular weight is 320 g/mol. The summed E-state index contributed by atoms with van der Waals surface area (Å²) in [5, 5.41) is 20.6. The van der Waals surface area contributed by atoms with Gasteiger partial charge < -0.3 is 9.94 Å². The number of alkyl halides is 3. The van der Waals surface area contributed by atoms with Crippen LogP contribution in [0.3, 0.4) is 0 Å². The summed E-state index contributed by atoms with van der Waals surface area (Å²) >= 11 is 0. The van der Waals surface area contributed by atoms with E-state index in [-0.39, 0.29) is 18.1 Å². The fourth-order valence-electron chi connectivity index (χ4n) is 2.00. The van der Waals surface area contributed by atoms with Crippen LogP contribution < -0.4 is 4.74 Å². The molecule has 0 fully saturated rings. The molecule has 2 rings (SSSR count). The van der Waals surface area contributed by atoms with Crippen LogP contribution in [0.25, 0.3) is 0 Å². The molecule has 0 radical (unpaired) electrons. The molecule has 0 heterocycles. The molecule has 0 saturated heterocycles. The number of hydrogen-bond donors (Lipinski definition) is 1. The molecule has 0 bridgehead atoms. The van der Waals surface area contributed by atoms with E-state index in [0.29, 0.717) is 11.1 Å². The zero-order valence-corrected chi connectivity index (χ0v) is 11.7. The van der Waals surface area contributed by atoms with Crippen LogP contribution in [0, 0.1) is 11.3 Å². The average Bonchev–Trinajstić information content (AvgIpc) is 2.54. The van der Waals surface area contributed by atoms with E-state index in [4.69, 9.17) is 15.2 Å². The van der Waals surface area contributed by atoms with Crippen LogP contribution in [-0.2, 0) is 12.8 Å². The van der Waals surface area contributed by atoms with E-state index in [1.54, 1.807) is 24.3 Å². The Morgan fingerprint density at radius 3 is 2.43 bits per heavy atom. The van der Waals surface area contributed by atoms with Crippen molar-refractivity contribution in [2.75, 3.05) is 0 Å². The SMILES string of the molecule is N#C/C(=N/O)c1ccccc1COc1ccccc1C(F)(F)F. The standard InChI is InChI=1S/C16H11F3N2O2/c17-16(18,19)13-7-3-4-8-15(13)23-10-11-5-1-2-6-12(11)14(9-20)21-22/h1-8,22H,10H2/b21-14-. The lowest BCUT2D eigenvalue weighted by molar-refractivity contribution is -0.139. The molecule has 2 aromatic carbocycles. The molecule has 0 aromatic heterocycles. The second kappa shape index (κ2) is 6.83. The molecule has 0 atom stereocenters. The van der Waals surface area contributed by atoms with Crippen molar-refractivity contribution < 1.29 is 23.1 Å². The minimum atomic E-state index is -4.53. The van der Waals surface area contributed by atoms with Crippen LogP contribution in [0.5, 0.6) is 5.75 Å². The van der Waals surface area contributed by atoms with E-state index >= 15 is 0 Å². The molecule has 2 aromatic rings. The lowest BCUT2D eigenvalue weighted by Crippen LogP contribution is -2.10. The topological polar surface area (TPSA) is 65.6 Å². The Hall–Kier alpha value is -3.01. The summed E-state index contributed by atoms with van der Waals surface area (Å²) < 4.78 is 44.0. The van der Waals surface area contributed by atoms with Gasteiger partial charge in [0.1, 0.15) is 18.4 Å². The summed E-state index contributed by atoms with van der Waals surface area (Å²) in [7, 11) is 0. The van der Waals surface area contributed by atoms with Crippen molar-refractivity contribution in [3.63, 3.8) is 0 Å². The number of rotatable bonds is 4. The molecule has 0 saturated carbocycles. The van der Waals surface area contributed by atoms with Crippen molar-refractivity contribution in [2.45, 2.75) is 12.8 Å². The van der Waals surface area contributed by atoms with Gasteiger partial charge in [0.2, 0.25) is 0 Å². The minimum absolute atomic E-state index is 0.204. The highest BCUT2D eigenvalue weighted by Crippen LogP contribution is 2.36. The largest absolute Gasteiger partial charge is 0.488 e. The molecule has 0 unspecified atom stereocenters. The van der Waals surface area contributed by atoms with Gasteiger partial charge >= 0.3 is 6.18 Å². The summed E-state index contributed by atoms with van der Waals surface area (Å²) in [5.41, 5.74) is -0.400. The second-order valence-corrected chi connectivity index (χ2v) is 4.50. The van der Waals surface area contributed by atoms with Gasteiger partial charge in [0.05, 0.1) is 5.56 Å². The van der Waals surface area contributed by atoms with Crippen molar-refractivity contribution in [1.29, 1.82) is 5.26 Å². The number of para-hydroxylation sites is 1. The molecule has 0 amide bonds. The highest BCUT2D eigenvalue weighted by Gasteiger charge is 2.34. The lowest BCUT2D eigenvalue weighted by Gasteiger charge is -2.14. The maximum absolute atomic E-state index is 12.9. The predicted octanol–water partition coefficient (Wildman–Crippen LogP) is 3.99. The van der Waals surface area contributed by atoms with E-state index in [9.17, 15) is 13.2 Å². The van der Waals surface area contributed by atoms with Gasteiger partial charge in [0.15, 0.2) is 5.71 Å². The highest BCUT2D eigenvalue weighted by atomic mass is 19.4. The van der Waals surface area contributed by atoms with Gasteiger partial charge in [-0.3, -0.25) is 0 Å². The Morgan fingerprint density at radius 1 is 1.13 bits per heavy atom. The predicted molar refractivity (Wildman–Crippen MR) is 76.2 cm³/mol. The van der Waals surface area contributed by atoms with E-state index in [2.05, 4.69) is 5.16 Å².